The molecule has 2 saturated heterocycles. The maximum atomic E-state index is 13.3. The topological polar surface area (TPSA) is 69.7 Å². The molecule has 0 unspecified atom stereocenters. The Labute approximate surface area is 186 Å². The molecule has 170 valence electrons. The van der Waals surface area contributed by atoms with Gasteiger partial charge in [-0.2, -0.15) is 0 Å². The lowest BCUT2D eigenvalue weighted by Crippen LogP contribution is -2.55. The molecule has 1 N–H and O–H groups in total. The summed E-state index contributed by atoms with van der Waals surface area (Å²) < 4.78 is 0. The molecule has 1 aromatic carbocycles. The summed E-state index contributed by atoms with van der Waals surface area (Å²) in [5.74, 6) is 0.358. The largest absolute Gasteiger partial charge is 0.344 e. The van der Waals surface area contributed by atoms with Crippen molar-refractivity contribution in [2.24, 2.45) is 11.8 Å². The highest BCUT2D eigenvalue weighted by molar-refractivity contribution is 5.94. The monoisotopic (exact) mass is 427 g/mol. The third-order valence-corrected chi connectivity index (χ3v) is 6.44. The van der Waals surface area contributed by atoms with Crippen LogP contribution < -0.4 is 5.32 Å². The van der Waals surface area contributed by atoms with Gasteiger partial charge in [-0.3, -0.25) is 14.4 Å². The van der Waals surface area contributed by atoms with Crippen LogP contribution in [0, 0.1) is 18.8 Å². The number of likely N-dealkylation sites (tertiary alicyclic amines) is 2. The van der Waals surface area contributed by atoms with Crippen LogP contribution in [0.3, 0.4) is 0 Å². The molecule has 2 aliphatic rings. The number of carbonyl (C=O) groups excluding carboxylic acids is 3. The van der Waals surface area contributed by atoms with Crippen molar-refractivity contribution in [3.63, 3.8) is 0 Å². The molecule has 0 saturated carbocycles. The van der Waals surface area contributed by atoms with Gasteiger partial charge in [0.1, 0.15) is 6.04 Å². The molecule has 1 aromatic rings. The van der Waals surface area contributed by atoms with E-state index < -0.39 is 6.04 Å². The predicted molar refractivity (Wildman–Crippen MR) is 122 cm³/mol. The Morgan fingerprint density at radius 2 is 1.55 bits per heavy atom. The number of carbonyl (C=O) groups is 3. The van der Waals surface area contributed by atoms with E-state index in [-0.39, 0.29) is 29.6 Å². The number of piperidine rings is 2. The zero-order valence-corrected chi connectivity index (χ0v) is 19.2. The minimum absolute atomic E-state index is 0.0428. The van der Waals surface area contributed by atoms with Gasteiger partial charge in [-0.15, -0.1) is 0 Å². The summed E-state index contributed by atoms with van der Waals surface area (Å²) in [6.45, 7) is 8.81. The van der Waals surface area contributed by atoms with Crippen molar-refractivity contribution in [2.75, 3.05) is 26.2 Å². The zero-order valence-electron chi connectivity index (χ0n) is 19.2. The molecule has 31 heavy (non-hydrogen) atoms. The van der Waals surface area contributed by atoms with Crippen LogP contribution in [0.15, 0.2) is 24.3 Å². The van der Waals surface area contributed by atoms with Gasteiger partial charge in [-0.05, 0) is 63.0 Å². The SMILES string of the molecule is Cc1ccc(C(=O)N2CCC([C@@H](NC(=O)CC(C)C)C(=O)N3CCCCC3)CC2)cc1. The van der Waals surface area contributed by atoms with Crippen LogP contribution >= 0.6 is 0 Å². The lowest BCUT2D eigenvalue weighted by atomic mass is 9.87. The molecule has 0 bridgehead atoms. The normalized spacial score (nSPS) is 18.7. The summed E-state index contributed by atoms with van der Waals surface area (Å²) in [5.41, 5.74) is 1.83. The van der Waals surface area contributed by atoms with E-state index in [0.717, 1.165) is 50.8 Å². The van der Waals surface area contributed by atoms with Crippen LogP contribution in [0.1, 0.15) is 68.3 Å². The lowest BCUT2D eigenvalue weighted by molar-refractivity contribution is -0.139. The Morgan fingerprint density at radius 3 is 2.13 bits per heavy atom. The summed E-state index contributed by atoms with van der Waals surface area (Å²) >= 11 is 0. The van der Waals surface area contributed by atoms with Gasteiger partial charge in [0.25, 0.3) is 5.91 Å². The van der Waals surface area contributed by atoms with E-state index in [1.54, 1.807) is 0 Å². The average Bonchev–Trinajstić information content (AvgIpc) is 2.77. The first-order valence-corrected chi connectivity index (χ1v) is 11.8. The van der Waals surface area contributed by atoms with E-state index in [4.69, 9.17) is 0 Å². The number of benzene rings is 1. The number of nitrogens with one attached hydrogen (secondary N) is 1. The standard InChI is InChI=1S/C25H37N3O3/c1-18(2)17-22(29)26-23(25(31)27-13-5-4-6-14-27)20-11-15-28(16-12-20)24(30)21-9-7-19(3)8-10-21/h7-10,18,20,23H,4-6,11-17H2,1-3H3,(H,26,29)/t23-/m1/s1. The first kappa shape index (κ1) is 23.3. The minimum atomic E-state index is -0.485. The highest BCUT2D eigenvalue weighted by Crippen LogP contribution is 2.25. The Morgan fingerprint density at radius 1 is 0.935 bits per heavy atom. The molecule has 0 spiro atoms. The quantitative estimate of drug-likeness (QED) is 0.757. The number of hydrogen-bond donors (Lipinski definition) is 1. The molecule has 0 aromatic heterocycles. The van der Waals surface area contributed by atoms with Crippen LogP contribution in [0.25, 0.3) is 0 Å². The highest BCUT2D eigenvalue weighted by atomic mass is 16.2. The van der Waals surface area contributed by atoms with Crippen LogP contribution in [0.5, 0.6) is 0 Å². The van der Waals surface area contributed by atoms with E-state index in [0.29, 0.717) is 25.1 Å². The second-order valence-electron chi connectivity index (χ2n) is 9.52. The Balaban J connectivity index is 1.65. The smallest absolute Gasteiger partial charge is 0.253 e. The van der Waals surface area contributed by atoms with Gasteiger partial charge in [0, 0.05) is 38.2 Å². The second kappa shape index (κ2) is 10.8. The first-order valence-electron chi connectivity index (χ1n) is 11.8. The predicted octanol–water partition coefficient (Wildman–Crippen LogP) is 3.39. The Bertz CT molecular complexity index is 761. The number of nitrogens with zero attached hydrogens (tertiary/aromatic N) is 2. The van der Waals surface area contributed by atoms with Gasteiger partial charge in [-0.25, -0.2) is 0 Å². The first-order chi connectivity index (χ1) is 14.8. The van der Waals surface area contributed by atoms with E-state index in [1.165, 1.54) is 0 Å². The second-order valence-corrected chi connectivity index (χ2v) is 9.52. The molecule has 0 radical (unpaired) electrons. The molecule has 2 fully saturated rings. The molecule has 0 aliphatic carbocycles. The fourth-order valence-corrected chi connectivity index (χ4v) is 4.61. The van der Waals surface area contributed by atoms with Crippen molar-refractivity contribution in [1.29, 1.82) is 0 Å². The molecule has 6 nitrogen and oxygen atoms in total. The average molecular weight is 428 g/mol. The molecular formula is C25H37N3O3. The van der Waals surface area contributed by atoms with Crippen molar-refractivity contribution in [3.8, 4) is 0 Å². The van der Waals surface area contributed by atoms with Crippen LogP contribution in [-0.4, -0.2) is 59.7 Å². The molecule has 3 amide bonds. The number of rotatable bonds is 6. The Hall–Kier alpha value is -2.37. The van der Waals surface area contributed by atoms with Crippen molar-refractivity contribution in [2.45, 2.75) is 65.3 Å². The third kappa shape index (κ3) is 6.31. The van der Waals surface area contributed by atoms with Crippen LogP contribution in [-0.2, 0) is 9.59 Å². The van der Waals surface area contributed by atoms with Gasteiger partial charge in [0.05, 0.1) is 0 Å². The van der Waals surface area contributed by atoms with Crippen molar-refractivity contribution in [3.05, 3.63) is 35.4 Å². The van der Waals surface area contributed by atoms with E-state index in [1.807, 2.05) is 54.8 Å². The lowest BCUT2D eigenvalue weighted by Gasteiger charge is -2.38. The number of hydrogen-bond acceptors (Lipinski definition) is 3. The van der Waals surface area contributed by atoms with E-state index in [2.05, 4.69) is 5.32 Å². The summed E-state index contributed by atoms with van der Waals surface area (Å²) in [7, 11) is 0. The molecular weight excluding hydrogens is 390 g/mol. The summed E-state index contributed by atoms with van der Waals surface area (Å²) in [6.07, 6.45) is 5.10. The number of aryl methyl sites for hydroxylation is 1. The fraction of sp³-hybridized carbons (Fsp3) is 0.640. The summed E-state index contributed by atoms with van der Waals surface area (Å²) in [4.78, 5) is 42.5. The van der Waals surface area contributed by atoms with Gasteiger partial charge >= 0.3 is 0 Å². The Kier molecular flexibility index (Phi) is 8.10. The fourth-order valence-electron chi connectivity index (χ4n) is 4.61. The van der Waals surface area contributed by atoms with Crippen LogP contribution in [0.4, 0.5) is 0 Å². The van der Waals surface area contributed by atoms with Gasteiger partial charge in [0.2, 0.25) is 11.8 Å². The van der Waals surface area contributed by atoms with Gasteiger partial charge in [-0.1, -0.05) is 31.5 Å². The molecule has 3 rings (SSSR count). The molecule has 2 aliphatic heterocycles. The molecule has 6 heteroatoms. The summed E-state index contributed by atoms with van der Waals surface area (Å²) in [5, 5.41) is 3.06. The summed E-state index contributed by atoms with van der Waals surface area (Å²) in [6, 6.07) is 7.17. The van der Waals surface area contributed by atoms with Crippen LogP contribution in [0.2, 0.25) is 0 Å². The third-order valence-electron chi connectivity index (χ3n) is 6.44. The van der Waals surface area contributed by atoms with E-state index >= 15 is 0 Å². The molecule has 1 atom stereocenters. The zero-order chi connectivity index (χ0) is 22.4. The van der Waals surface area contributed by atoms with Crippen molar-refractivity contribution < 1.29 is 14.4 Å². The van der Waals surface area contributed by atoms with Crippen molar-refractivity contribution >= 4 is 17.7 Å². The maximum absolute atomic E-state index is 13.3. The van der Waals surface area contributed by atoms with Gasteiger partial charge in [0.15, 0.2) is 0 Å². The maximum Gasteiger partial charge on any atom is 0.253 e. The molecule has 2 heterocycles. The van der Waals surface area contributed by atoms with Gasteiger partial charge < -0.3 is 15.1 Å². The van der Waals surface area contributed by atoms with E-state index in [9.17, 15) is 14.4 Å². The minimum Gasteiger partial charge on any atom is -0.344 e. The highest BCUT2D eigenvalue weighted by Gasteiger charge is 2.36. The number of amides is 3. The van der Waals surface area contributed by atoms with Crippen molar-refractivity contribution in [1.82, 2.24) is 15.1 Å².